The van der Waals surface area contributed by atoms with E-state index in [4.69, 9.17) is 0 Å². The summed E-state index contributed by atoms with van der Waals surface area (Å²) in [6.07, 6.45) is 5.12. The van der Waals surface area contributed by atoms with Crippen molar-refractivity contribution in [3.05, 3.63) is 12.4 Å². The van der Waals surface area contributed by atoms with Gasteiger partial charge in [-0.15, -0.1) is 0 Å². The SMILES string of the molecule is C[C@@H](Nc1cc(N2CCCC2)ncn1)C(=O)N1CCC1. The van der Waals surface area contributed by atoms with Crippen molar-refractivity contribution >= 4 is 17.5 Å². The fourth-order valence-electron chi connectivity index (χ4n) is 2.64. The van der Waals surface area contributed by atoms with Gasteiger partial charge < -0.3 is 15.1 Å². The van der Waals surface area contributed by atoms with E-state index in [1.807, 2.05) is 17.9 Å². The van der Waals surface area contributed by atoms with Crippen LogP contribution in [0.5, 0.6) is 0 Å². The van der Waals surface area contributed by atoms with Crippen LogP contribution in [0.3, 0.4) is 0 Å². The zero-order chi connectivity index (χ0) is 13.9. The molecule has 1 N–H and O–H groups in total. The Morgan fingerprint density at radius 1 is 1.20 bits per heavy atom. The van der Waals surface area contributed by atoms with Gasteiger partial charge in [-0.05, 0) is 26.2 Å². The van der Waals surface area contributed by atoms with Gasteiger partial charge in [0.25, 0.3) is 0 Å². The lowest BCUT2D eigenvalue weighted by Gasteiger charge is -2.33. The topological polar surface area (TPSA) is 61.4 Å². The quantitative estimate of drug-likeness (QED) is 0.892. The van der Waals surface area contributed by atoms with Crippen molar-refractivity contribution < 1.29 is 4.79 Å². The minimum absolute atomic E-state index is 0.151. The van der Waals surface area contributed by atoms with Crippen LogP contribution < -0.4 is 10.2 Å². The molecule has 6 heteroatoms. The number of carbonyl (C=O) groups excluding carboxylic acids is 1. The molecule has 2 saturated heterocycles. The lowest BCUT2D eigenvalue weighted by atomic mass is 10.2. The van der Waals surface area contributed by atoms with Crippen LogP contribution >= 0.6 is 0 Å². The van der Waals surface area contributed by atoms with Gasteiger partial charge in [0, 0.05) is 32.2 Å². The van der Waals surface area contributed by atoms with Crippen LogP contribution in [-0.4, -0.2) is 53.0 Å². The van der Waals surface area contributed by atoms with Crippen molar-refractivity contribution in [1.82, 2.24) is 14.9 Å². The molecule has 20 heavy (non-hydrogen) atoms. The predicted octanol–water partition coefficient (Wildman–Crippen LogP) is 1.11. The summed E-state index contributed by atoms with van der Waals surface area (Å²) in [4.78, 5) is 24.7. The summed E-state index contributed by atoms with van der Waals surface area (Å²) in [5.74, 6) is 1.82. The molecule has 3 rings (SSSR count). The molecule has 1 aromatic rings. The smallest absolute Gasteiger partial charge is 0.244 e. The minimum atomic E-state index is -0.239. The second-order valence-corrected chi connectivity index (χ2v) is 5.50. The molecule has 2 fully saturated rings. The van der Waals surface area contributed by atoms with Crippen LogP contribution in [0.1, 0.15) is 26.2 Å². The minimum Gasteiger partial charge on any atom is -0.358 e. The Hall–Kier alpha value is -1.85. The molecule has 1 atom stereocenters. The molecular formula is C14H21N5O. The Bertz CT molecular complexity index is 482. The number of nitrogens with one attached hydrogen (secondary N) is 1. The molecule has 0 aliphatic carbocycles. The van der Waals surface area contributed by atoms with Crippen LogP contribution in [0.25, 0.3) is 0 Å². The monoisotopic (exact) mass is 275 g/mol. The maximum absolute atomic E-state index is 12.1. The van der Waals surface area contributed by atoms with Crippen LogP contribution in [0, 0.1) is 0 Å². The summed E-state index contributed by atoms with van der Waals surface area (Å²) in [7, 11) is 0. The number of nitrogens with zero attached hydrogens (tertiary/aromatic N) is 4. The average molecular weight is 275 g/mol. The van der Waals surface area contributed by atoms with E-state index in [0.29, 0.717) is 0 Å². The molecule has 1 aromatic heterocycles. The van der Waals surface area contributed by atoms with Crippen LogP contribution in [0.15, 0.2) is 12.4 Å². The predicted molar refractivity (Wildman–Crippen MR) is 77.8 cm³/mol. The number of likely N-dealkylation sites (tertiary alicyclic amines) is 1. The second-order valence-electron chi connectivity index (χ2n) is 5.50. The number of amides is 1. The van der Waals surface area contributed by atoms with Gasteiger partial charge in [0.05, 0.1) is 0 Å². The van der Waals surface area contributed by atoms with E-state index in [9.17, 15) is 4.79 Å². The van der Waals surface area contributed by atoms with Crippen LogP contribution in [0.4, 0.5) is 11.6 Å². The average Bonchev–Trinajstić information content (AvgIpc) is 2.90. The van der Waals surface area contributed by atoms with Crippen molar-refractivity contribution in [2.24, 2.45) is 0 Å². The molecule has 6 nitrogen and oxygen atoms in total. The van der Waals surface area contributed by atoms with E-state index >= 15 is 0 Å². The molecule has 2 aliphatic heterocycles. The molecule has 0 saturated carbocycles. The normalized spacial score (nSPS) is 19.6. The molecule has 0 bridgehead atoms. The van der Waals surface area contributed by atoms with Crippen molar-refractivity contribution in [1.29, 1.82) is 0 Å². The highest BCUT2D eigenvalue weighted by Gasteiger charge is 2.25. The second kappa shape index (κ2) is 5.64. The van der Waals surface area contributed by atoms with Gasteiger partial charge in [-0.3, -0.25) is 4.79 Å². The summed E-state index contributed by atoms with van der Waals surface area (Å²) >= 11 is 0. The van der Waals surface area contributed by atoms with E-state index in [0.717, 1.165) is 44.2 Å². The number of hydrogen-bond donors (Lipinski definition) is 1. The Morgan fingerprint density at radius 2 is 1.95 bits per heavy atom. The van der Waals surface area contributed by atoms with Gasteiger partial charge in [0.15, 0.2) is 0 Å². The molecule has 3 heterocycles. The molecule has 2 aliphatic rings. The third-order valence-corrected chi connectivity index (χ3v) is 3.99. The third kappa shape index (κ3) is 2.69. The van der Waals surface area contributed by atoms with E-state index in [1.54, 1.807) is 6.33 Å². The molecule has 0 spiro atoms. The van der Waals surface area contributed by atoms with Crippen molar-refractivity contribution in [2.75, 3.05) is 36.4 Å². The zero-order valence-corrected chi connectivity index (χ0v) is 11.9. The number of carbonyl (C=O) groups is 1. The van der Waals surface area contributed by atoms with E-state index in [-0.39, 0.29) is 11.9 Å². The Labute approximate surface area is 119 Å². The number of anilines is 2. The lowest BCUT2D eigenvalue weighted by molar-refractivity contribution is -0.135. The first-order valence-electron chi connectivity index (χ1n) is 7.36. The maximum Gasteiger partial charge on any atom is 0.244 e. The Morgan fingerprint density at radius 3 is 2.60 bits per heavy atom. The summed E-state index contributed by atoms with van der Waals surface area (Å²) in [5.41, 5.74) is 0. The lowest BCUT2D eigenvalue weighted by Crippen LogP contribution is -2.48. The van der Waals surface area contributed by atoms with Crippen LogP contribution in [0.2, 0.25) is 0 Å². The molecule has 108 valence electrons. The Balaban J connectivity index is 1.64. The highest BCUT2D eigenvalue weighted by atomic mass is 16.2. The van der Waals surface area contributed by atoms with E-state index < -0.39 is 0 Å². The first-order chi connectivity index (χ1) is 9.74. The highest BCUT2D eigenvalue weighted by Crippen LogP contribution is 2.20. The molecule has 0 radical (unpaired) electrons. The van der Waals surface area contributed by atoms with E-state index in [2.05, 4.69) is 20.2 Å². The van der Waals surface area contributed by atoms with Crippen molar-refractivity contribution in [2.45, 2.75) is 32.2 Å². The molecular weight excluding hydrogens is 254 g/mol. The summed E-state index contributed by atoms with van der Waals surface area (Å²) < 4.78 is 0. The molecule has 0 unspecified atom stereocenters. The summed E-state index contributed by atoms with van der Waals surface area (Å²) in [6.45, 7) is 5.76. The Kier molecular flexibility index (Phi) is 3.71. The molecule has 1 amide bonds. The van der Waals surface area contributed by atoms with Gasteiger partial charge in [-0.2, -0.15) is 0 Å². The van der Waals surface area contributed by atoms with E-state index in [1.165, 1.54) is 12.8 Å². The van der Waals surface area contributed by atoms with Gasteiger partial charge in [-0.25, -0.2) is 9.97 Å². The number of aromatic nitrogens is 2. The zero-order valence-electron chi connectivity index (χ0n) is 11.9. The first-order valence-corrected chi connectivity index (χ1v) is 7.36. The first kappa shape index (κ1) is 13.1. The number of hydrogen-bond acceptors (Lipinski definition) is 5. The third-order valence-electron chi connectivity index (χ3n) is 3.99. The number of rotatable bonds is 4. The largest absolute Gasteiger partial charge is 0.358 e. The highest BCUT2D eigenvalue weighted by molar-refractivity contribution is 5.84. The van der Waals surface area contributed by atoms with Gasteiger partial charge in [0.2, 0.25) is 5.91 Å². The summed E-state index contributed by atoms with van der Waals surface area (Å²) in [6, 6.07) is 1.70. The molecule has 0 aromatic carbocycles. The van der Waals surface area contributed by atoms with Crippen LogP contribution in [-0.2, 0) is 4.79 Å². The van der Waals surface area contributed by atoms with Gasteiger partial charge in [-0.1, -0.05) is 0 Å². The van der Waals surface area contributed by atoms with Crippen molar-refractivity contribution in [3.8, 4) is 0 Å². The standard InChI is InChI=1S/C14H21N5O/c1-11(14(20)19-7-4-8-19)17-12-9-13(16-10-15-12)18-5-2-3-6-18/h9-11H,2-8H2,1H3,(H,15,16,17)/t11-/m1/s1. The van der Waals surface area contributed by atoms with Gasteiger partial charge in [0.1, 0.15) is 24.0 Å². The van der Waals surface area contributed by atoms with Crippen molar-refractivity contribution in [3.63, 3.8) is 0 Å². The fourth-order valence-corrected chi connectivity index (χ4v) is 2.64. The maximum atomic E-state index is 12.1. The van der Waals surface area contributed by atoms with Gasteiger partial charge >= 0.3 is 0 Å². The summed E-state index contributed by atoms with van der Waals surface area (Å²) in [5, 5.41) is 3.19. The fraction of sp³-hybridized carbons (Fsp3) is 0.643.